The summed E-state index contributed by atoms with van der Waals surface area (Å²) >= 11 is 0. The van der Waals surface area contributed by atoms with Crippen molar-refractivity contribution >= 4 is 0 Å². The van der Waals surface area contributed by atoms with Crippen LogP contribution in [0.5, 0.6) is 0 Å². The van der Waals surface area contributed by atoms with Gasteiger partial charge in [-0.1, -0.05) is 0 Å². The van der Waals surface area contributed by atoms with Crippen molar-refractivity contribution in [3.05, 3.63) is 0 Å². The molecule has 2 N–H and O–H groups in total. The molecule has 0 aromatic carbocycles. The first-order valence-electron chi connectivity index (χ1n) is 6.42. The zero-order valence-corrected chi connectivity index (χ0v) is 13.0. The van der Waals surface area contributed by atoms with Gasteiger partial charge in [-0.15, -0.1) is 0 Å². The number of hydrogen-bond donors (Lipinski definition) is 2. The van der Waals surface area contributed by atoms with Crippen LogP contribution in [0.2, 0.25) is 0 Å². The summed E-state index contributed by atoms with van der Waals surface area (Å²) in [5, 5.41) is 15.8. The first-order chi connectivity index (χ1) is 11.9. The number of aliphatic hydroxyl groups is 2. The highest BCUT2D eigenvalue weighted by atomic mass is 19.4. The van der Waals surface area contributed by atoms with Gasteiger partial charge in [-0.05, 0) is 6.92 Å². The van der Waals surface area contributed by atoms with Crippen molar-refractivity contribution in [2.45, 2.75) is 54.1 Å². The van der Waals surface area contributed by atoms with Gasteiger partial charge in [0.05, 0.1) is 0 Å². The van der Waals surface area contributed by atoms with Crippen molar-refractivity contribution in [3.8, 4) is 0 Å². The molecule has 28 heavy (non-hydrogen) atoms. The van der Waals surface area contributed by atoms with Gasteiger partial charge in [0.2, 0.25) is 5.67 Å². The number of alkyl halides is 15. The second-order valence-corrected chi connectivity index (χ2v) is 5.60. The number of aliphatic hydroxyl groups excluding tert-OH is 2. The Morgan fingerprint density at radius 3 is 0.893 bits per heavy atom. The van der Waals surface area contributed by atoms with E-state index in [1.54, 1.807) is 0 Å². The topological polar surface area (TPSA) is 40.5 Å². The highest BCUT2D eigenvalue weighted by Crippen LogP contribution is 2.62. The van der Waals surface area contributed by atoms with Gasteiger partial charge < -0.3 is 10.2 Å². The third-order valence-electron chi connectivity index (χ3n) is 3.68. The molecule has 1 atom stereocenters. The van der Waals surface area contributed by atoms with Crippen molar-refractivity contribution in [1.82, 2.24) is 0 Å². The van der Waals surface area contributed by atoms with Crippen molar-refractivity contribution in [2.24, 2.45) is 0 Å². The molecule has 0 radical (unpaired) electrons. The van der Waals surface area contributed by atoms with Gasteiger partial charge in [0, 0.05) is 0 Å². The summed E-state index contributed by atoms with van der Waals surface area (Å²) in [6.07, 6.45) is 0. The summed E-state index contributed by atoms with van der Waals surface area (Å²) in [4.78, 5) is 0. The SMILES string of the molecule is CC(F)(C(F)(F)C(F)(F)C(F)(F)CO)C(F)(F)C(F)(F)C(F)(F)C(F)(F)CO. The fourth-order valence-corrected chi connectivity index (χ4v) is 1.64. The molecule has 0 aliphatic rings. The summed E-state index contributed by atoms with van der Waals surface area (Å²) in [7, 11) is 0. The van der Waals surface area contributed by atoms with Gasteiger partial charge in [-0.25, -0.2) is 4.39 Å². The van der Waals surface area contributed by atoms with Gasteiger partial charge >= 0.3 is 41.5 Å². The van der Waals surface area contributed by atoms with Crippen LogP contribution in [0.1, 0.15) is 6.92 Å². The molecule has 2 nitrogen and oxygen atoms in total. The van der Waals surface area contributed by atoms with E-state index in [4.69, 9.17) is 10.2 Å². The predicted octanol–water partition coefficient (Wildman–Crippen LogP) is 4.15. The largest absolute Gasteiger partial charge is 0.390 e. The van der Waals surface area contributed by atoms with Crippen molar-refractivity contribution in [3.63, 3.8) is 0 Å². The minimum Gasteiger partial charge on any atom is -0.390 e. The van der Waals surface area contributed by atoms with E-state index in [1.165, 1.54) is 0 Å². The molecule has 0 aromatic rings. The van der Waals surface area contributed by atoms with Gasteiger partial charge in [0.15, 0.2) is 0 Å². The molecule has 0 fully saturated rings. The lowest BCUT2D eigenvalue weighted by molar-refractivity contribution is -0.427. The summed E-state index contributed by atoms with van der Waals surface area (Å²) in [6, 6.07) is 0. The van der Waals surface area contributed by atoms with E-state index >= 15 is 0 Å². The predicted molar refractivity (Wildman–Crippen MR) is 58.3 cm³/mol. The summed E-state index contributed by atoms with van der Waals surface area (Å²) in [6.45, 7) is -8.19. The maximum atomic E-state index is 13.8. The standard InChI is InChI=1S/C11H9F15O2/c1-4(12,7(17,18)9(21,22)5(13,14)2-27)8(19,20)11(25,26)10(23,24)6(15,16)3-28/h27-28H,2-3H2,1H3. The molecule has 0 bridgehead atoms. The van der Waals surface area contributed by atoms with Crippen LogP contribution in [0.4, 0.5) is 65.9 Å². The third kappa shape index (κ3) is 3.08. The van der Waals surface area contributed by atoms with E-state index < -0.39 is 67.3 Å². The first kappa shape index (κ1) is 26.9. The molecule has 0 saturated heterocycles. The first-order valence-corrected chi connectivity index (χ1v) is 6.42. The lowest BCUT2D eigenvalue weighted by Gasteiger charge is -2.45. The molecule has 0 amide bonds. The van der Waals surface area contributed by atoms with Crippen LogP contribution < -0.4 is 0 Å². The highest BCUT2D eigenvalue weighted by molar-refractivity contribution is 5.18. The summed E-state index contributed by atoms with van der Waals surface area (Å²) in [5.74, 6) is -51.2. The summed E-state index contributed by atoms with van der Waals surface area (Å²) < 4.78 is 198. The van der Waals surface area contributed by atoms with Crippen molar-refractivity contribution in [2.75, 3.05) is 13.2 Å². The Labute approximate surface area is 144 Å². The van der Waals surface area contributed by atoms with E-state index in [0.29, 0.717) is 0 Å². The van der Waals surface area contributed by atoms with Crippen molar-refractivity contribution < 1.29 is 76.1 Å². The average molecular weight is 458 g/mol. The lowest BCUT2D eigenvalue weighted by atomic mass is 9.80. The van der Waals surface area contributed by atoms with Crippen LogP contribution in [0, 0.1) is 0 Å². The van der Waals surface area contributed by atoms with E-state index in [2.05, 4.69) is 0 Å². The van der Waals surface area contributed by atoms with Crippen LogP contribution in [-0.4, -0.2) is 70.6 Å². The fraction of sp³-hybridized carbons (Fsp3) is 1.00. The maximum absolute atomic E-state index is 13.8. The Bertz CT molecular complexity index is 518. The monoisotopic (exact) mass is 458 g/mol. The van der Waals surface area contributed by atoms with E-state index in [-0.39, 0.29) is 0 Å². The average Bonchev–Trinajstić information content (AvgIpc) is 2.53. The normalized spacial score (nSPS) is 18.2. The van der Waals surface area contributed by atoms with Crippen LogP contribution in [0.15, 0.2) is 0 Å². The molecule has 0 aliphatic carbocycles. The Morgan fingerprint density at radius 1 is 0.429 bits per heavy atom. The van der Waals surface area contributed by atoms with Crippen LogP contribution in [0.3, 0.4) is 0 Å². The smallest absolute Gasteiger partial charge is 0.381 e. The van der Waals surface area contributed by atoms with Gasteiger partial charge in [0.1, 0.15) is 13.2 Å². The number of hydrogen-bond acceptors (Lipinski definition) is 2. The Morgan fingerprint density at radius 2 is 0.643 bits per heavy atom. The fourth-order valence-electron chi connectivity index (χ4n) is 1.64. The van der Waals surface area contributed by atoms with Gasteiger partial charge in [-0.3, -0.25) is 0 Å². The minimum absolute atomic E-state index is 1.63. The van der Waals surface area contributed by atoms with E-state index in [0.717, 1.165) is 0 Å². The quantitative estimate of drug-likeness (QED) is 0.510. The molecule has 170 valence electrons. The molecular weight excluding hydrogens is 449 g/mol. The van der Waals surface area contributed by atoms with Crippen LogP contribution in [0.25, 0.3) is 0 Å². The molecule has 17 heteroatoms. The molecule has 0 spiro atoms. The van der Waals surface area contributed by atoms with E-state index in [9.17, 15) is 65.9 Å². The molecule has 0 heterocycles. The number of halogens is 15. The molecular formula is C11H9F15O2. The molecule has 1 unspecified atom stereocenters. The highest BCUT2D eigenvalue weighted by Gasteiger charge is 2.91. The zero-order chi connectivity index (χ0) is 23.4. The third-order valence-corrected chi connectivity index (χ3v) is 3.68. The van der Waals surface area contributed by atoms with E-state index in [1.807, 2.05) is 0 Å². The maximum Gasteiger partial charge on any atom is 0.381 e. The second-order valence-electron chi connectivity index (χ2n) is 5.60. The molecule has 0 aliphatic heterocycles. The van der Waals surface area contributed by atoms with Gasteiger partial charge in [0.25, 0.3) is 0 Å². The van der Waals surface area contributed by atoms with Crippen molar-refractivity contribution in [1.29, 1.82) is 0 Å². The molecule has 0 rings (SSSR count). The Kier molecular flexibility index (Phi) is 6.43. The van der Waals surface area contributed by atoms with Crippen LogP contribution in [-0.2, 0) is 0 Å². The Hall–Kier alpha value is -1.13. The van der Waals surface area contributed by atoms with Crippen LogP contribution >= 0.6 is 0 Å². The lowest BCUT2D eigenvalue weighted by Crippen LogP contribution is -2.75. The Balaban J connectivity index is 6.69. The second kappa shape index (κ2) is 6.70. The van der Waals surface area contributed by atoms with Gasteiger partial charge in [-0.2, -0.15) is 61.5 Å². The molecule has 0 aromatic heterocycles. The molecule has 0 saturated carbocycles. The zero-order valence-electron chi connectivity index (χ0n) is 13.0. The minimum atomic E-state index is -7.91. The number of rotatable bonds is 9. The summed E-state index contributed by atoms with van der Waals surface area (Å²) in [5.41, 5.74) is -7.01.